The summed E-state index contributed by atoms with van der Waals surface area (Å²) in [5.74, 6) is 0. The summed E-state index contributed by atoms with van der Waals surface area (Å²) in [6, 6.07) is 0. The first kappa shape index (κ1) is 18.8. The molecule has 0 unspecified atom stereocenters. The van der Waals surface area contributed by atoms with E-state index >= 15 is 0 Å². The zero-order chi connectivity index (χ0) is 9.82. The van der Waals surface area contributed by atoms with Crippen LogP contribution in [0.3, 0.4) is 0 Å². The fourth-order valence-corrected chi connectivity index (χ4v) is 1.07. The molecular weight excluding hydrogens is 186 g/mol. The zero-order valence-electron chi connectivity index (χ0n) is 8.50. The lowest BCUT2D eigenvalue weighted by Crippen LogP contribution is -2.21. The number of nitrogens with two attached hydrogens (primary N) is 1. The zero-order valence-corrected chi connectivity index (χ0v) is 9.66. The van der Waals surface area contributed by atoms with Crippen molar-refractivity contribution >= 4 is 9.53 Å². The van der Waals surface area contributed by atoms with E-state index in [2.05, 4.69) is 6.92 Å². The standard InChI is InChI=1S/C4H11N.C3H10O3Si.CH4/c1-2-3-4-5;1-4-7(5-2)6-3;/h2-5H2,1H3;7H,1-3H3;1H4. The lowest BCUT2D eigenvalue weighted by molar-refractivity contribution is 0.163. The van der Waals surface area contributed by atoms with Crippen LogP contribution in [0.15, 0.2) is 0 Å². The van der Waals surface area contributed by atoms with Gasteiger partial charge in [0.2, 0.25) is 0 Å². The van der Waals surface area contributed by atoms with Crippen molar-refractivity contribution in [2.45, 2.75) is 27.2 Å². The summed E-state index contributed by atoms with van der Waals surface area (Å²) in [5.41, 5.74) is 5.14. The van der Waals surface area contributed by atoms with Gasteiger partial charge in [0.05, 0.1) is 0 Å². The molecule has 0 aromatic heterocycles. The molecule has 0 saturated carbocycles. The minimum absolute atomic E-state index is 0. The second-order valence-electron chi connectivity index (χ2n) is 2.14. The lowest BCUT2D eigenvalue weighted by atomic mass is 10.3. The molecule has 0 atom stereocenters. The van der Waals surface area contributed by atoms with Crippen LogP contribution >= 0.6 is 0 Å². The van der Waals surface area contributed by atoms with Gasteiger partial charge in [-0.05, 0) is 13.0 Å². The molecule has 0 saturated heterocycles. The summed E-state index contributed by atoms with van der Waals surface area (Å²) < 4.78 is 14.2. The summed E-state index contributed by atoms with van der Waals surface area (Å²) in [5, 5.41) is 0. The molecule has 0 aliphatic carbocycles. The van der Waals surface area contributed by atoms with Crippen molar-refractivity contribution in [1.82, 2.24) is 0 Å². The number of hydrogen-bond acceptors (Lipinski definition) is 4. The predicted octanol–water partition coefficient (Wildman–Crippen LogP) is 1.02. The first-order valence-electron chi connectivity index (χ1n) is 4.05. The third kappa shape index (κ3) is 18.8. The van der Waals surface area contributed by atoms with Gasteiger partial charge < -0.3 is 19.0 Å². The van der Waals surface area contributed by atoms with Gasteiger partial charge in [0, 0.05) is 21.3 Å². The van der Waals surface area contributed by atoms with Gasteiger partial charge in [-0.3, -0.25) is 0 Å². The van der Waals surface area contributed by atoms with Crippen molar-refractivity contribution < 1.29 is 13.3 Å². The van der Waals surface area contributed by atoms with E-state index in [1.165, 1.54) is 12.8 Å². The second-order valence-corrected chi connectivity index (χ2v) is 4.13. The highest BCUT2D eigenvalue weighted by Gasteiger charge is 2.04. The maximum absolute atomic E-state index is 5.14. The fraction of sp³-hybridized carbons (Fsp3) is 1.00. The lowest BCUT2D eigenvalue weighted by Gasteiger charge is -2.05. The molecule has 2 N–H and O–H groups in total. The Balaban J connectivity index is -0.000000150. The summed E-state index contributed by atoms with van der Waals surface area (Å²) in [4.78, 5) is 0. The highest BCUT2D eigenvalue weighted by molar-refractivity contribution is 6.36. The summed E-state index contributed by atoms with van der Waals surface area (Å²) in [7, 11) is 3.05. The molecule has 0 radical (unpaired) electrons. The van der Waals surface area contributed by atoms with Crippen LogP contribution in [0.2, 0.25) is 0 Å². The first-order chi connectivity index (χ1) is 5.76. The number of unbranched alkanes of at least 4 members (excludes halogenated alkanes) is 1. The molecular formula is C8H25NO3Si. The van der Waals surface area contributed by atoms with Gasteiger partial charge in [-0.2, -0.15) is 0 Å². The van der Waals surface area contributed by atoms with E-state index in [4.69, 9.17) is 19.0 Å². The van der Waals surface area contributed by atoms with Crippen molar-refractivity contribution in [3.8, 4) is 0 Å². The minimum Gasteiger partial charge on any atom is -0.379 e. The van der Waals surface area contributed by atoms with E-state index in [9.17, 15) is 0 Å². The summed E-state index contributed by atoms with van der Waals surface area (Å²) >= 11 is 0. The highest BCUT2D eigenvalue weighted by atomic mass is 28.3. The van der Waals surface area contributed by atoms with E-state index in [0.717, 1.165) is 6.54 Å². The van der Waals surface area contributed by atoms with Gasteiger partial charge in [-0.15, -0.1) is 0 Å². The van der Waals surface area contributed by atoms with Gasteiger partial charge in [0.15, 0.2) is 0 Å². The molecule has 13 heavy (non-hydrogen) atoms. The first-order valence-corrected chi connectivity index (χ1v) is 5.46. The highest BCUT2D eigenvalue weighted by Crippen LogP contribution is 1.81. The van der Waals surface area contributed by atoms with Gasteiger partial charge in [0.25, 0.3) is 0 Å². The van der Waals surface area contributed by atoms with Crippen LogP contribution < -0.4 is 5.73 Å². The van der Waals surface area contributed by atoms with Gasteiger partial charge in [-0.25, -0.2) is 0 Å². The van der Waals surface area contributed by atoms with E-state index in [1.807, 2.05) is 0 Å². The van der Waals surface area contributed by atoms with Gasteiger partial charge in [-0.1, -0.05) is 20.8 Å². The van der Waals surface area contributed by atoms with Crippen molar-refractivity contribution in [1.29, 1.82) is 0 Å². The van der Waals surface area contributed by atoms with Crippen LogP contribution in [-0.2, 0) is 13.3 Å². The van der Waals surface area contributed by atoms with E-state index in [1.54, 1.807) is 21.3 Å². The van der Waals surface area contributed by atoms with Crippen molar-refractivity contribution in [3.63, 3.8) is 0 Å². The van der Waals surface area contributed by atoms with E-state index in [-0.39, 0.29) is 7.43 Å². The molecule has 0 spiro atoms. The van der Waals surface area contributed by atoms with Crippen molar-refractivity contribution in [3.05, 3.63) is 0 Å². The van der Waals surface area contributed by atoms with Gasteiger partial charge in [0.1, 0.15) is 0 Å². The molecule has 0 aromatic carbocycles. The molecule has 0 fully saturated rings. The predicted molar refractivity (Wildman–Crippen MR) is 58.9 cm³/mol. The third-order valence-corrected chi connectivity index (χ3v) is 2.29. The maximum Gasteiger partial charge on any atom is 0.483 e. The molecule has 0 amide bonds. The quantitative estimate of drug-likeness (QED) is 0.690. The van der Waals surface area contributed by atoms with Crippen molar-refractivity contribution in [2.24, 2.45) is 5.73 Å². The average molecular weight is 211 g/mol. The Morgan fingerprint density at radius 2 is 1.46 bits per heavy atom. The Morgan fingerprint density at radius 1 is 1.08 bits per heavy atom. The largest absolute Gasteiger partial charge is 0.483 e. The Kier molecular flexibility index (Phi) is 25.9. The Morgan fingerprint density at radius 3 is 1.46 bits per heavy atom. The Labute approximate surface area is 84.3 Å². The third-order valence-electron chi connectivity index (χ3n) is 1.14. The Hall–Kier alpha value is 0.0569. The van der Waals surface area contributed by atoms with Crippen LogP contribution in [0.5, 0.6) is 0 Å². The molecule has 84 valence electrons. The monoisotopic (exact) mass is 211 g/mol. The molecule has 5 heteroatoms. The molecule has 0 heterocycles. The molecule has 0 bridgehead atoms. The maximum atomic E-state index is 5.14. The van der Waals surface area contributed by atoms with Gasteiger partial charge >= 0.3 is 9.53 Å². The van der Waals surface area contributed by atoms with Crippen molar-refractivity contribution in [2.75, 3.05) is 27.9 Å². The molecule has 0 aromatic rings. The van der Waals surface area contributed by atoms with Crippen LogP contribution in [0.4, 0.5) is 0 Å². The average Bonchev–Trinajstić information content (AvgIpc) is 2.10. The fourth-order valence-electron chi connectivity index (χ4n) is 0.493. The SMILES string of the molecule is C.CCCCN.CO[SiH](OC)OC. The topological polar surface area (TPSA) is 53.7 Å². The summed E-state index contributed by atoms with van der Waals surface area (Å²) in [6.07, 6.45) is 2.39. The molecule has 4 nitrogen and oxygen atoms in total. The van der Waals surface area contributed by atoms with Crippen LogP contribution in [0.1, 0.15) is 27.2 Å². The van der Waals surface area contributed by atoms with Crippen LogP contribution in [0.25, 0.3) is 0 Å². The normalized spacial score (nSPS) is 8.77. The van der Waals surface area contributed by atoms with Crippen LogP contribution in [-0.4, -0.2) is 37.4 Å². The Bertz CT molecular complexity index is 64.9. The molecule has 0 aliphatic rings. The smallest absolute Gasteiger partial charge is 0.379 e. The van der Waals surface area contributed by atoms with E-state index in [0.29, 0.717) is 0 Å². The number of hydrogen-bond donors (Lipinski definition) is 1. The van der Waals surface area contributed by atoms with Crippen LogP contribution in [0, 0.1) is 0 Å². The number of rotatable bonds is 5. The van der Waals surface area contributed by atoms with E-state index < -0.39 is 9.53 Å². The summed E-state index contributed by atoms with van der Waals surface area (Å²) in [6.45, 7) is 2.98. The molecule has 0 aliphatic heterocycles. The second kappa shape index (κ2) is 18.0. The molecule has 0 rings (SSSR count). The minimum atomic E-state index is -1.67.